The zero-order valence-corrected chi connectivity index (χ0v) is 15.0. The zero-order chi connectivity index (χ0) is 19.9. The number of nitrogens with zero attached hydrogens (tertiary/aromatic N) is 4. The van der Waals surface area contributed by atoms with Gasteiger partial charge in [-0.05, 0) is 19.1 Å². The Bertz CT molecular complexity index is 1070. The number of nitrogens with two attached hydrogens (primary N) is 1. The number of rotatable bonds is 2. The first-order chi connectivity index (χ1) is 13.4. The quantitative estimate of drug-likeness (QED) is 0.448. The molecule has 144 valence electrons. The van der Waals surface area contributed by atoms with Crippen molar-refractivity contribution < 1.29 is 20.1 Å². The van der Waals surface area contributed by atoms with Gasteiger partial charge < -0.3 is 30.4 Å². The predicted octanol–water partition coefficient (Wildman–Crippen LogP) is -0.190. The summed E-state index contributed by atoms with van der Waals surface area (Å²) in [4.78, 5) is 12.2. The van der Waals surface area contributed by atoms with Gasteiger partial charge in [-0.2, -0.15) is 0 Å². The van der Waals surface area contributed by atoms with Gasteiger partial charge in [0.15, 0.2) is 6.23 Å². The van der Waals surface area contributed by atoms with E-state index in [2.05, 4.69) is 26.8 Å². The molecule has 0 saturated carbocycles. The summed E-state index contributed by atoms with van der Waals surface area (Å²) < 4.78 is 7.26. The molecule has 9 nitrogen and oxygen atoms in total. The monoisotopic (exact) mass is 381 g/mol. The van der Waals surface area contributed by atoms with E-state index in [0.29, 0.717) is 16.6 Å². The summed E-state index contributed by atoms with van der Waals surface area (Å²) in [5.74, 6) is 6.31. The summed E-state index contributed by atoms with van der Waals surface area (Å²) in [6.07, 6.45) is 3.05. The van der Waals surface area contributed by atoms with E-state index in [1.54, 1.807) is 35.3 Å². The Hall–Kier alpha value is -3.03. The smallest absolute Gasteiger partial charge is 0.167 e. The number of ether oxygens (including phenoxy) is 1. The number of aromatic nitrogens is 4. The highest BCUT2D eigenvalue weighted by Gasteiger charge is 2.53. The minimum absolute atomic E-state index is 0.236. The fourth-order valence-electron chi connectivity index (χ4n) is 3.35. The molecule has 3 aromatic rings. The maximum Gasteiger partial charge on any atom is 0.167 e. The summed E-state index contributed by atoms with van der Waals surface area (Å²) in [5, 5.41) is 31.0. The molecule has 1 fully saturated rings. The lowest BCUT2D eigenvalue weighted by Gasteiger charge is -2.27. The van der Waals surface area contributed by atoms with Crippen LogP contribution >= 0.6 is 0 Å². The van der Waals surface area contributed by atoms with Gasteiger partial charge in [-0.25, -0.2) is 9.97 Å². The van der Waals surface area contributed by atoms with Gasteiger partial charge >= 0.3 is 0 Å². The van der Waals surface area contributed by atoms with Crippen molar-refractivity contribution >= 4 is 16.9 Å². The topological polar surface area (TPSA) is 140 Å². The Morgan fingerprint density at radius 3 is 2.71 bits per heavy atom. The molecule has 1 aliphatic rings. The number of aliphatic hydroxyl groups is 3. The van der Waals surface area contributed by atoms with Crippen LogP contribution in [0.1, 0.15) is 24.3 Å². The van der Waals surface area contributed by atoms with Gasteiger partial charge in [0.05, 0.1) is 17.6 Å². The molecule has 5 N–H and O–H groups in total. The van der Waals surface area contributed by atoms with Crippen molar-refractivity contribution in [2.45, 2.75) is 31.0 Å². The third-order valence-electron chi connectivity index (χ3n) is 4.85. The van der Waals surface area contributed by atoms with Gasteiger partial charge in [-0.15, -0.1) is 0 Å². The fourth-order valence-corrected chi connectivity index (χ4v) is 3.35. The van der Waals surface area contributed by atoms with Crippen LogP contribution in [0.2, 0.25) is 0 Å². The van der Waals surface area contributed by atoms with Crippen LogP contribution in [0, 0.1) is 11.8 Å². The minimum atomic E-state index is -1.66. The molecule has 4 atom stereocenters. The van der Waals surface area contributed by atoms with Crippen LogP contribution in [0.25, 0.3) is 11.0 Å². The fraction of sp³-hybridized carbons (Fsp3) is 0.316. The average Bonchev–Trinajstić information content (AvgIpc) is 3.17. The van der Waals surface area contributed by atoms with Gasteiger partial charge in [0.2, 0.25) is 0 Å². The first-order valence-corrected chi connectivity index (χ1v) is 8.63. The maximum atomic E-state index is 10.8. The van der Waals surface area contributed by atoms with E-state index >= 15 is 0 Å². The normalized spacial score (nSPS) is 26.9. The van der Waals surface area contributed by atoms with E-state index in [0.717, 1.165) is 5.56 Å². The molecule has 9 heteroatoms. The Kier molecular flexibility index (Phi) is 4.49. The van der Waals surface area contributed by atoms with Crippen LogP contribution in [0.5, 0.6) is 0 Å². The van der Waals surface area contributed by atoms with Crippen molar-refractivity contribution in [2.24, 2.45) is 0 Å². The second-order valence-corrected chi connectivity index (χ2v) is 6.77. The lowest BCUT2D eigenvalue weighted by molar-refractivity contribution is -0.0948. The largest absolute Gasteiger partial charge is 0.394 e. The summed E-state index contributed by atoms with van der Waals surface area (Å²) in [5.41, 5.74) is 6.12. The number of hydrogen-bond acceptors (Lipinski definition) is 8. The van der Waals surface area contributed by atoms with E-state index in [1.807, 2.05) is 0 Å². The van der Waals surface area contributed by atoms with Crippen LogP contribution < -0.4 is 5.73 Å². The molecular formula is C19H19N5O4. The van der Waals surface area contributed by atoms with Crippen LogP contribution in [0.4, 0.5) is 5.82 Å². The van der Waals surface area contributed by atoms with Gasteiger partial charge in [-0.3, -0.25) is 4.98 Å². The summed E-state index contributed by atoms with van der Waals surface area (Å²) in [6, 6.07) is 3.55. The van der Waals surface area contributed by atoms with Crippen molar-refractivity contribution in [3.8, 4) is 11.8 Å². The highest BCUT2D eigenvalue weighted by molar-refractivity contribution is 5.92. The highest BCUT2D eigenvalue weighted by atomic mass is 16.6. The molecule has 0 bridgehead atoms. The van der Waals surface area contributed by atoms with Gasteiger partial charge in [0, 0.05) is 24.2 Å². The second kappa shape index (κ2) is 6.85. The van der Waals surface area contributed by atoms with E-state index in [-0.39, 0.29) is 5.82 Å². The molecule has 0 spiro atoms. The molecule has 0 unspecified atom stereocenters. The van der Waals surface area contributed by atoms with Crippen molar-refractivity contribution in [2.75, 3.05) is 12.3 Å². The van der Waals surface area contributed by atoms with Crippen molar-refractivity contribution in [1.29, 1.82) is 0 Å². The SMILES string of the molecule is C[C@@]1(O)[C@H](O)[C@@H](CO)O[C@H]1n1cc(C#Cc2ccncc2)c2c(N)ncnc21. The molecule has 1 aliphatic heterocycles. The predicted molar refractivity (Wildman–Crippen MR) is 99.8 cm³/mol. The number of hydrogen-bond donors (Lipinski definition) is 4. The first kappa shape index (κ1) is 18.3. The maximum absolute atomic E-state index is 10.8. The Morgan fingerprint density at radius 2 is 2.04 bits per heavy atom. The lowest BCUT2D eigenvalue weighted by atomic mass is 9.96. The molecule has 4 heterocycles. The molecule has 4 rings (SSSR count). The summed E-state index contributed by atoms with van der Waals surface area (Å²) in [7, 11) is 0. The Labute approximate surface area is 160 Å². The molecule has 28 heavy (non-hydrogen) atoms. The first-order valence-electron chi connectivity index (χ1n) is 8.63. The number of pyridine rings is 1. The third-order valence-corrected chi connectivity index (χ3v) is 4.85. The number of nitrogen functional groups attached to an aromatic ring is 1. The summed E-state index contributed by atoms with van der Waals surface area (Å²) in [6.45, 7) is 1.01. The van der Waals surface area contributed by atoms with E-state index in [4.69, 9.17) is 10.5 Å². The van der Waals surface area contributed by atoms with Crippen LogP contribution in [0.3, 0.4) is 0 Å². The summed E-state index contributed by atoms with van der Waals surface area (Å²) >= 11 is 0. The van der Waals surface area contributed by atoms with E-state index < -0.39 is 30.6 Å². The van der Waals surface area contributed by atoms with Crippen molar-refractivity contribution in [3.63, 3.8) is 0 Å². The molecule has 0 radical (unpaired) electrons. The molecule has 3 aromatic heterocycles. The van der Waals surface area contributed by atoms with Crippen LogP contribution in [-0.2, 0) is 4.74 Å². The molecule has 0 aromatic carbocycles. The Morgan fingerprint density at radius 1 is 1.29 bits per heavy atom. The zero-order valence-electron chi connectivity index (χ0n) is 15.0. The van der Waals surface area contributed by atoms with Gasteiger partial charge in [0.1, 0.15) is 35.6 Å². The lowest BCUT2D eigenvalue weighted by Crippen LogP contribution is -2.44. The molecule has 0 aliphatic carbocycles. The number of fused-ring (bicyclic) bond motifs is 1. The minimum Gasteiger partial charge on any atom is -0.394 e. The third kappa shape index (κ3) is 2.89. The highest BCUT2D eigenvalue weighted by Crippen LogP contribution is 2.40. The van der Waals surface area contributed by atoms with Crippen LogP contribution in [0.15, 0.2) is 37.1 Å². The van der Waals surface area contributed by atoms with Crippen molar-refractivity contribution in [1.82, 2.24) is 19.5 Å². The Balaban J connectivity index is 1.85. The average molecular weight is 381 g/mol. The molecule has 0 amide bonds. The van der Waals surface area contributed by atoms with Crippen LogP contribution in [-0.4, -0.2) is 59.3 Å². The van der Waals surface area contributed by atoms with E-state index in [1.165, 1.54) is 13.3 Å². The molecule has 1 saturated heterocycles. The van der Waals surface area contributed by atoms with Gasteiger partial charge in [0.25, 0.3) is 0 Å². The van der Waals surface area contributed by atoms with Gasteiger partial charge in [-0.1, -0.05) is 11.8 Å². The number of aliphatic hydroxyl groups excluding tert-OH is 2. The second-order valence-electron chi connectivity index (χ2n) is 6.77. The van der Waals surface area contributed by atoms with E-state index in [9.17, 15) is 15.3 Å². The standard InChI is InChI=1S/C19H19N5O4/c1-19(27)15(26)13(9-25)28-18(19)24-8-12(3-2-11-4-6-21-7-5-11)14-16(20)22-10-23-17(14)24/h4-8,10,13,15,18,25-27H,9H2,1H3,(H2,20,22,23)/t13-,15-,18-,19-/m1/s1. The molecular weight excluding hydrogens is 362 g/mol. The number of anilines is 1. The van der Waals surface area contributed by atoms with Crippen molar-refractivity contribution in [3.05, 3.63) is 48.2 Å².